The van der Waals surface area contributed by atoms with E-state index in [0.717, 1.165) is 10.0 Å². The maximum Gasteiger partial charge on any atom is 0.313 e. The molecule has 0 heterocycles. The first-order chi connectivity index (χ1) is 7.90. The Labute approximate surface area is 109 Å². The normalized spacial score (nSPS) is 10.2. The minimum atomic E-state index is -0.649. The maximum atomic E-state index is 11.6. The summed E-state index contributed by atoms with van der Waals surface area (Å²) < 4.78 is 0.930. The van der Waals surface area contributed by atoms with Gasteiger partial charge in [-0.25, -0.2) is 0 Å². The minimum Gasteiger partial charge on any atom is -0.346 e. The standard InChI is InChI=1S/C12H15BrN2O2/c1-7(2)14-11(16)12(17)15-10-5-4-9(13)6-8(10)3/h4-7H,1-3H3,(H,14,16)(H,15,17). The highest BCUT2D eigenvalue weighted by molar-refractivity contribution is 9.10. The minimum absolute atomic E-state index is 0.0562. The van der Waals surface area contributed by atoms with Crippen LogP contribution in [0.5, 0.6) is 0 Å². The van der Waals surface area contributed by atoms with E-state index in [1.165, 1.54) is 0 Å². The Kier molecular flexibility index (Phi) is 4.69. The smallest absolute Gasteiger partial charge is 0.313 e. The first-order valence-electron chi connectivity index (χ1n) is 5.28. The lowest BCUT2D eigenvalue weighted by molar-refractivity contribution is -0.136. The van der Waals surface area contributed by atoms with E-state index in [9.17, 15) is 9.59 Å². The van der Waals surface area contributed by atoms with Crippen LogP contribution in [0.1, 0.15) is 19.4 Å². The summed E-state index contributed by atoms with van der Waals surface area (Å²) in [5, 5.41) is 5.10. The SMILES string of the molecule is Cc1cc(Br)ccc1NC(=O)C(=O)NC(C)C. The molecule has 0 radical (unpaired) electrons. The van der Waals surface area contributed by atoms with Crippen LogP contribution in [-0.2, 0) is 9.59 Å². The van der Waals surface area contributed by atoms with Crippen LogP contribution < -0.4 is 10.6 Å². The number of nitrogens with one attached hydrogen (secondary N) is 2. The third kappa shape index (κ3) is 4.19. The van der Waals surface area contributed by atoms with Gasteiger partial charge in [-0.1, -0.05) is 15.9 Å². The van der Waals surface area contributed by atoms with Crippen molar-refractivity contribution in [2.45, 2.75) is 26.8 Å². The lowest BCUT2D eigenvalue weighted by Gasteiger charge is -2.10. The topological polar surface area (TPSA) is 58.2 Å². The number of hydrogen-bond acceptors (Lipinski definition) is 2. The quantitative estimate of drug-likeness (QED) is 0.823. The molecule has 4 nitrogen and oxygen atoms in total. The summed E-state index contributed by atoms with van der Waals surface area (Å²) in [6, 6.07) is 5.37. The molecule has 2 amide bonds. The third-order valence-corrected chi connectivity index (χ3v) is 2.56. The number of amides is 2. The maximum absolute atomic E-state index is 11.6. The molecule has 0 saturated carbocycles. The number of halogens is 1. The van der Waals surface area contributed by atoms with Crippen molar-refractivity contribution >= 4 is 33.4 Å². The van der Waals surface area contributed by atoms with Crippen LogP contribution in [0.2, 0.25) is 0 Å². The van der Waals surface area contributed by atoms with Gasteiger partial charge in [0.15, 0.2) is 0 Å². The van der Waals surface area contributed by atoms with Crippen LogP contribution in [0.4, 0.5) is 5.69 Å². The number of rotatable bonds is 2. The zero-order valence-electron chi connectivity index (χ0n) is 10.0. The zero-order chi connectivity index (χ0) is 13.0. The molecule has 1 aromatic carbocycles. The van der Waals surface area contributed by atoms with E-state index in [-0.39, 0.29) is 6.04 Å². The molecular weight excluding hydrogens is 284 g/mol. The summed E-state index contributed by atoms with van der Waals surface area (Å²) in [5.41, 5.74) is 1.53. The van der Waals surface area contributed by atoms with E-state index in [4.69, 9.17) is 0 Å². The van der Waals surface area contributed by atoms with Gasteiger partial charge < -0.3 is 10.6 Å². The Hall–Kier alpha value is -1.36. The van der Waals surface area contributed by atoms with Crippen molar-refractivity contribution in [1.82, 2.24) is 5.32 Å². The lowest BCUT2D eigenvalue weighted by Crippen LogP contribution is -2.39. The number of anilines is 1. The monoisotopic (exact) mass is 298 g/mol. The average molecular weight is 299 g/mol. The molecule has 0 aliphatic heterocycles. The number of carbonyl (C=O) groups is 2. The Morgan fingerprint density at radius 2 is 1.88 bits per heavy atom. The Morgan fingerprint density at radius 3 is 2.41 bits per heavy atom. The summed E-state index contributed by atoms with van der Waals surface area (Å²) in [7, 11) is 0. The van der Waals surface area contributed by atoms with Crippen LogP contribution >= 0.6 is 15.9 Å². The molecule has 0 bridgehead atoms. The fraction of sp³-hybridized carbons (Fsp3) is 0.333. The van der Waals surface area contributed by atoms with E-state index < -0.39 is 11.8 Å². The van der Waals surface area contributed by atoms with Gasteiger partial charge in [0.2, 0.25) is 0 Å². The van der Waals surface area contributed by atoms with E-state index in [1.54, 1.807) is 19.9 Å². The fourth-order valence-corrected chi connectivity index (χ4v) is 1.75. The fourth-order valence-electron chi connectivity index (χ4n) is 1.27. The molecule has 0 aliphatic rings. The van der Waals surface area contributed by atoms with Gasteiger partial charge in [0.25, 0.3) is 0 Å². The van der Waals surface area contributed by atoms with Crippen LogP contribution in [-0.4, -0.2) is 17.9 Å². The van der Waals surface area contributed by atoms with E-state index in [0.29, 0.717) is 5.69 Å². The molecule has 2 N–H and O–H groups in total. The van der Waals surface area contributed by atoms with Crippen molar-refractivity contribution in [3.63, 3.8) is 0 Å². The van der Waals surface area contributed by atoms with Gasteiger partial charge in [-0.05, 0) is 44.5 Å². The second-order valence-electron chi connectivity index (χ2n) is 4.04. The molecule has 0 atom stereocenters. The summed E-state index contributed by atoms with van der Waals surface area (Å²) in [5.74, 6) is -1.27. The third-order valence-electron chi connectivity index (χ3n) is 2.06. The van der Waals surface area contributed by atoms with Crippen molar-refractivity contribution in [3.05, 3.63) is 28.2 Å². The molecule has 0 saturated heterocycles. The summed E-state index contributed by atoms with van der Waals surface area (Å²) in [4.78, 5) is 23.0. The molecule has 0 unspecified atom stereocenters. The second kappa shape index (κ2) is 5.82. The molecule has 0 aliphatic carbocycles. The summed E-state index contributed by atoms with van der Waals surface area (Å²) in [6.45, 7) is 5.47. The van der Waals surface area contributed by atoms with Gasteiger partial charge in [0.05, 0.1) is 0 Å². The zero-order valence-corrected chi connectivity index (χ0v) is 11.6. The van der Waals surface area contributed by atoms with Crippen LogP contribution in [0, 0.1) is 6.92 Å². The second-order valence-corrected chi connectivity index (χ2v) is 4.96. The van der Waals surface area contributed by atoms with Gasteiger partial charge >= 0.3 is 11.8 Å². The van der Waals surface area contributed by atoms with Gasteiger partial charge in [0, 0.05) is 16.2 Å². The van der Waals surface area contributed by atoms with Crippen molar-refractivity contribution < 1.29 is 9.59 Å². The van der Waals surface area contributed by atoms with Crippen molar-refractivity contribution in [2.75, 3.05) is 5.32 Å². The first-order valence-corrected chi connectivity index (χ1v) is 6.07. The average Bonchev–Trinajstić information content (AvgIpc) is 2.21. The number of hydrogen-bond donors (Lipinski definition) is 2. The lowest BCUT2D eigenvalue weighted by atomic mass is 10.2. The highest BCUT2D eigenvalue weighted by Crippen LogP contribution is 2.19. The van der Waals surface area contributed by atoms with Gasteiger partial charge in [-0.2, -0.15) is 0 Å². The molecule has 17 heavy (non-hydrogen) atoms. The molecule has 5 heteroatoms. The molecule has 0 aromatic heterocycles. The Bertz CT molecular complexity index is 444. The highest BCUT2D eigenvalue weighted by atomic mass is 79.9. The summed E-state index contributed by atoms with van der Waals surface area (Å²) >= 11 is 3.33. The summed E-state index contributed by atoms with van der Waals surface area (Å²) in [6.07, 6.45) is 0. The molecular formula is C12H15BrN2O2. The van der Waals surface area contributed by atoms with Gasteiger partial charge in [-0.3, -0.25) is 9.59 Å². The van der Waals surface area contributed by atoms with Crippen molar-refractivity contribution in [1.29, 1.82) is 0 Å². The predicted octanol–water partition coefficient (Wildman–Crippen LogP) is 2.22. The molecule has 92 valence electrons. The van der Waals surface area contributed by atoms with E-state index in [1.807, 2.05) is 19.1 Å². The predicted molar refractivity (Wildman–Crippen MR) is 70.8 cm³/mol. The number of aryl methyl sites for hydroxylation is 1. The molecule has 0 fully saturated rings. The van der Waals surface area contributed by atoms with Crippen molar-refractivity contribution in [3.8, 4) is 0 Å². The Morgan fingerprint density at radius 1 is 1.24 bits per heavy atom. The molecule has 1 aromatic rings. The van der Waals surface area contributed by atoms with Crippen LogP contribution in [0.15, 0.2) is 22.7 Å². The van der Waals surface area contributed by atoms with Gasteiger partial charge in [0.1, 0.15) is 0 Å². The largest absolute Gasteiger partial charge is 0.346 e. The number of benzene rings is 1. The Balaban J connectivity index is 2.71. The first kappa shape index (κ1) is 13.7. The molecule has 0 spiro atoms. The molecule has 1 rings (SSSR count). The van der Waals surface area contributed by atoms with E-state index >= 15 is 0 Å². The van der Waals surface area contributed by atoms with Crippen LogP contribution in [0.25, 0.3) is 0 Å². The number of carbonyl (C=O) groups excluding carboxylic acids is 2. The van der Waals surface area contributed by atoms with Gasteiger partial charge in [-0.15, -0.1) is 0 Å². The highest BCUT2D eigenvalue weighted by Gasteiger charge is 2.15. The van der Waals surface area contributed by atoms with Crippen LogP contribution in [0.3, 0.4) is 0 Å². The van der Waals surface area contributed by atoms with E-state index in [2.05, 4.69) is 26.6 Å². The van der Waals surface area contributed by atoms with Crippen molar-refractivity contribution in [2.24, 2.45) is 0 Å².